The number of hydrogen-bond donors (Lipinski definition) is 3. The van der Waals surface area contributed by atoms with Crippen LogP contribution in [0.3, 0.4) is 0 Å². The van der Waals surface area contributed by atoms with Crippen molar-refractivity contribution in [1.82, 2.24) is 0 Å². The van der Waals surface area contributed by atoms with Gasteiger partial charge in [-0.15, -0.1) is 0 Å². The lowest BCUT2D eigenvalue weighted by atomic mass is 10.0. The highest BCUT2D eigenvalue weighted by atomic mass is 16.7. The second-order valence-electron chi connectivity index (χ2n) is 22.4. The summed E-state index contributed by atoms with van der Waals surface area (Å²) in [5, 5.41) is 31.3. The quantitative estimate of drug-likeness (QED) is 0.0167. The van der Waals surface area contributed by atoms with Crippen molar-refractivity contribution >= 4 is 71.6 Å². The number of carbonyl (C=O) groups is 12. The second kappa shape index (κ2) is 64.8. The molecule has 0 heterocycles. The van der Waals surface area contributed by atoms with Gasteiger partial charge in [0.15, 0.2) is 0 Å². The fraction of sp³-hybridized carbons (Fsp3) is 0.824. The third-order valence-electron chi connectivity index (χ3n) is 13.7. The highest BCUT2D eigenvalue weighted by Crippen LogP contribution is 2.21. The molecule has 0 spiro atoms. The maximum absolute atomic E-state index is 12.3. The highest BCUT2D eigenvalue weighted by molar-refractivity contribution is 5.91. The van der Waals surface area contributed by atoms with Crippen molar-refractivity contribution in [3.63, 3.8) is 0 Å². The zero-order valence-electron chi connectivity index (χ0n) is 58.6. The Morgan fingerprint density at radius 2 is 0.484 bits per heavy atom. The Bertz CT molecular complexity index is 2080. The third kappa shape index (κ3) is 59.7. The molecule has 95 heavy (non-hydrogen) atoms. The number of unbranched alkanes of at least 4 members (excludes halogenated alkanes) is 9. The number of hydrogen-bond acceptors (Lipinski definition) is 27. The molecule has 0 radical (unpaired) electrons. The first-order valence-corrected chi connectivity index (χ1v) is 34.5. The first kappa shape index (κ1) is 92.7. The molecular formula is C68H118O27. The van der Waals surface area contributed by atoms with Crippen LogP contribution in [-0.2, 0) is 114 Å². The fourth-order valence-corrected chi connectivity index (χ4v) is 8.27. The van der Waals surface area contributed by atoms with Gasteiger partial charge in [-0.1, -0.05) is 120 Å². The van der Waals surface area contributed by atoms with Gasteiger partial charge in [0, 0.05) is 51.4 Å². The number of esters is 12. The molecule has 0 saturated carbocycles. The van der Waals surface area contributed by atoms with E-state index in [9.17, 15) is 72.9 Å². The van der Waals surface area contributed by atoms with E-state index in [1.807, 2.05) is 20.8 Å². The molecule has 3 N–H and O–H groups in total. The van der Waals surface area contributed by atoms with Crippen LogP contribution in [0.2, 0.25) is 0 Å². The summed E-state index contributed by atoms with van der Waals surface area (Å²) in [6.07, 6.45) is 13.2. The van der Waals surface area contributed by atoms with Gasteiger partial charge in [0.2, 0.25) is 20.4 Å². The van der Waals surface area contributed by atoms with E-state index in [0.29, 0.717) is 103 Å². The third-order valence-corrected chi connectivity index (χ3v) is 13.7. The van der Waals surface area contributed by atoms with Crippen LogP contribution in [0, 0.1) is 0 Å². The van der Waals surface area contributed by atoms with E-state index in [1.165, 1.54) is 0 Å². The van der Waals surface area contributed by atoms with E-state index in [1.54, 1.807) is 20.8 Å². The van der Waals surface area contributed by atoms with Crippen LogP contribution in [0.1, 0.15) is 287 Å². The van der Waals surface area contributed by atoms with Gasteiger partial charge in [-0.05, 0) is 103 Å². The van der Waals surface area contributed by atoms with Crippen molar-refractivity contribution in [3.05, 3.63) is 0 Å². The number of ether oxygens (including phenoxy) is 12. The number of aliphatic hydroxyl groups is 3. The van der Waals surface area contributed by atoms with Crippen molar-refractivity contribution in [1.29, 1.82) is 0 Å². The van der Waals surface area contributed by atoms with Gasteiger partial charge in [0.1, 0.15) is 31.2 Å². The van der Waals surface area contributed by atoms with E-state index >= 15 is 0 Å². The maximum Gasteiger partial charge on any atom is 0.320 e. The minimum absolute atomic E-state index is 0.0528. The SMILES string of the molecule is CCCCCC(OC(=O)CC)C(O)CCCCC(=O)OCOC(=O)CC.CCCCCC(OC(=O)CC)C(O)CCCCC(=O)OCOC(=O)CC(=O)OCCC.CCCCCC(OC(=O)CCCC(=O)OCCC)C(O)CCCCC(=O)OCOC(=O)CC(=O)OCCC. The van der Waals surface area contributed by atoms with Crippen LogP contribution in [-0.4, -0.2) is 164 Å². The van der Waals surface area contributed by atoms with Gasteiger partial charge in [0.25, 0.3) is 0 Å². The summed E-state index contributed by atoms with van der Waals surface area (Å²) in [7, 11) is 0. The van der Waals surface area contributed by atoms with Gasteiger partial charge in [0.05, 0.1) is 38.1 Å². The van der Waals surface area contributed by atoms with Gasteiger partial charge in [-0.3, -0.25) is 57.5 Å². The van der Waals surface area contributed by atoms with Crippen LogP contribution >= 0.6 is 0 Å². The predicted molar refractivity (Wildman–Crippen MR) is 344 cm³/mol. The Kier molecular flexibility index (Phi) is 63.3. The average Bonchev–Trinajstić information content (AvgIpc) is 1.54. The Labute approximate surface area is 563 Å². The summed E-state index contributed by atoms with van der Waals surface area (Å²) in [5.41, 5.74) is 0. The first-order valence-electron chi connectivity index (χ1n) is 34.5. The zero-order valence-corrected chi connectivity index (χ0v) is 58.6. The monoisotopic (exact) mass is 1370 g/mol. The van der Waals surface area contributed by atoms with E-state index in [-0.39, 0.29) is 89.3 Å². The molecule has 0 amide bonds. The molecule has 27 nitrogen and oxygen atoms in total. The summed E-state index contributed by atoms with van der Waals surface area (Å²) < 4.78 is 59.1. The van der Waals surface area contributed by atoms with Gasteiger partial charge < -0.3 is 72.2 Å². The van der Waals surface area contributed by atoms with Crippen LogP contribution in [0.15, 0.2) is 0 Å². The Balaban J connectivity index is -0.00000136. The smallest absolute Gasteiger partial charge is 0.320 e. The lowest BCUT2D eigenvalue weighted by Crippen LogP contribution is -2.31. The van der Waals surface area contributed by atoms with Crippen LogP contribution in [0.5, 0.6) is 0 Å². The Morgan fingerprint density at radius 1 is 0.242 bits per heavy atom. The molecule has 6 unspecified atom stereocenters. The minimum Gasteiger partial charge on any atom is -0.466 e. The summed E-state index contributed by atoms with van der Waals surface area (Å²) in [6, 6.07) is 0. The number of rotatable bonds is 56. The molecule has 0 aromatic carbocycles. The molecule has 0 aliphatic rings. The predicted octanol–water partition coefficient (Wildman–Crippen LogP) is 10.4. The second-order valence-corrected chi connectivity index (χ2v) is 22.4. The molecule has 0 bridgehead atoms. The van der Waals surface area contributed by atoms with Gasteiger partial charge >= 0.3 is 71.6 Å². The zero-order chi connectivity index (χ0) is 71.9. The van der Waals surface area contributed by atoms with E-state index in [0.717, 1.165) is 64.2 Å². The fourth-order valence-electron chi connectivity index (χ4n) is 8.27. The standard InChI is InChI=1S/C27H46O11.C22H38O9.C19H34O7/c1-4-7-8-13-22(38-25(31)16-11-15-23(29)34-17-5-2)21(28)12-9-10-14-24(30)36-20-37-27(33)19-26(32)35-18-6-3;1-4-7-8-12-18(31-19(24)6-3)17(23)11-9-10-13-20(25)29-16-30-22(27)15-21(26)28-14-5-2;1-4-7-8-12-16(26-18(22)6-3)15(20)11-9-10-13-19(23)25-14-24-17(21)5-2/h21-22,28H,4-20H2,1-3H3;17-18,23H,4-16H2,1-3H3;15-16,20H,4-14H2,1-3H3. The molecule has 0 fully saturated rings. The van der Waals surface area contributed by atoms with E-state index in [2.05, 4.69) is 35.0 Å². The summed E-state index contributed by atoms with van der Waals surface area (Å²) in [6.45, 7) is 16.2. The largest absolute Gasteiger partial charge is 0.466 e. The Morgan fingerprint density at radius 3 is 0.789 bits per heavy atom. The maximum atomic E-state index is 12.3. The van der Waals surface area contributed by atoms with Crippen LogP contribution in [0.4, 0.5) is 0 Å². The van der Waals surface area contributed by atoms with E-state index < -0.39 is 117 Å². The molecular weight excluding hydrogens is 1250 g/mol. The Hall–Kier alpha value is -6.48. The molecule has 0 aliphatic heterocycles. The van der Waals surface area contributed by atoms with Gasteiger partial charge in [-0.2, -0.15) is 0 Å². The number of carbonyl (C=O) groups excluding carboxylic acids is 12. The van der Waals surface area contributed by atoms with Crippen molar-refractivity contribution in [2.75, 3.05) is 40.2 Å². The van der Waals surface area contributed by atoms with Crippen molar-refractivity contribution < 1.29 is 130 Å². The molecule has 0 aromatic rings. The highest BCUT2D eigenvalue weighted by Gasteiger charge is 2.26. The van der Waals surface area contributed by atoms with Crippen LogP contribution in [0.25, 0.3) is 0 Å². The molecule has 27 heteroatoms. The first-order chi connectivity index (χ1) is 45.5. The lowest BCUT2D eigenvalue weighted by Gasteiger charge is -2.23. The minimum atomic E-state index is -0.880. The number of aliphatic hydroxyl groups excluding tert-OH is 3. The summed E-state index contributed by atoms with van der Waals surface area (Å²) >= 11 is 0. The van der Waals surface area contributed by atoms with Gasteiger partial charge in [-0.25, -0.2) is 0 Å². The van der Waals surface area contributed by atoms with Crippen molar-refractivity contribution in [3.8, 4) is 0 Å². The summed E-state index contributed by atoms with van der Waals surface area (Å²) in [4.78, 5) is 138. The van der Waals surface area contributed by atoms with Crippen molar-refractivity contribution in [2.24, 2.45) is 0 Å². The topological polar surface area (TPSA) is 376 Å². The molecule has 0 saturated heterocycles. The summed E-state index contributed by atoms with van der Waals surface area (Å²) in [5.74, 6) is -6.51. The molecule has 552 valence electrons. The molecule has 0 aromatic heterocycles. The van der Waals surface area contributed by atoms with Crippen LogP contribution < -0.4 is 0 Å². The molecule has 6 atom stereocenters. The lowest BCUT2D eigenvalue weighted by molar-refractivity contribution is -0.172. The average molecular weight is 1370 g/mol. The van der Waals surface area contributed by atoms with Crippen molar-refractivity contribution in [2.45, 2.75) is 324 Å². The van der Waals surface area contributed by atoms with E-state index in [4.69, 9.17) is 42.6 Å². The normalized spacial score (nSPS) is 12.5. The molecule has 0 rings (SSSR count). The molecule has 0 aliphatic carbocycles.